The number of hydrogen-bond acceptors (Lipinski definition) is 5. The summed E-state index contributed by atoms with van der Waals surface area (Å²) < 4.78 is 23.9. The second kappa shape index (κ2) is 8.75. The van der Waals surface area contributed by atoms with Crippen molar-refractivity contribution in [1.82, 2.24) is 0 Å². The summed E-state index contributed by atoms with van der Waals surface area (Å²) in [5.74, 6) is 1.94. The van der Waals surface area contributed by atoms with Crippen LogP contribution in [0.2, 0.25) is 0 Å². The van der Waals surface area contributed by atoms with Gasteiger partial charge in [0.05, 0.1) is 23.1 Å². The summed E-state index contributed by atoms with van der Waals surface area (Å²) in [6.45, 7) is 6.80. The molecule has 0 saturated heterocycles. The Morgan fingerprint density at radius 1 is 0.941 bits per heavy atom. The van der Waals surface area contributed by atoms with Crippen LogP contribution in [-0.2, 0) is 6.61 Å². The number of fused-ring (bicyclic) bond motifs is 3. The van der Waals surface area contributed by atoms with E-state index < -0.39 is 5.60 Å². The van der Waals surface area contributed by atoms with Crippen molar-refractivity contribution >= 4 is 17.0 Å². The van der Waals surface area contributed by atoms with E-state index in [4.69, 9.17) is 18.6 Å². The van der Waals surface area contributed by atoms with Gasteiger partial charge >= 0.3 is 0 Å². The van der Waals surface area contributed by atoms with Crippen molar-refractivity contribution < 1.29 is 18.6 Å². The van der Waals surface area contributed by atoms with Gasteiger partial charge in [-0.1, -0.05) is 30.3 Å². The maximum absolute atomic E-state index is 13.6. The van der Waals surface area contributed by atoms with Crippen LogP contribution in [0.1, 0.15) is 31.9 Å². The molecule has 3 aromatic carbocycles. The fourth-order valence-corrected chi connectivity index (χ4v) is 4.07. The van der Waals surface area contributed by atoms with Crippen LogP contribution in [0.4, 0.5) is 0 Å². The maximum Gasteiger partial charge on any atom is 0.200 e. The van der Waals surface area contributed by atoms with Crippen LogP contribution in [0.5, 0.6) is 17.2 Å². The van der Waals surface area contributed by atoms with E-state index in [1.807, 2.05) is 87.5 Å². The molecule has 5 heteroatoms. The molecule has 0 radical (unpaired) electrons. The average molecular weight is 455 g/mol. The van der Waals surface area contributed by atoms with E-state index in [2.05, 4.69) is 0 Å². The van der Waals surface area contributed by atoms with Crippen LogP contribution in [0, 0.1) is 0 Å². The highest BCUT2D eigenvalue weighted by atomic mass is 16.5. The standard InChI is InChI=1S/C29H26O5/c1-4-31-20-10-11-21(26(16-20)32-17-19-8-6-5-7-9-19)24-18-33-28-22-14-15-29(2,3)34-25(22)13-12-23(28)27(24)30/h5-16,18H,4,17H2,1-3H3. The highest BCUT2D eigenvalue weighted by Gasteiger charge is 2.25. The molecular formula is C29H26O5. The van der Waals surface area contributed by atoms with Gasteiger partial charge in [-0.15, -0.1) is 0 Å². The zero-order chi connectivity index (χ0) is 23.7. The van der Waals surface area contributed by atoms with Crippen molar-refractivity contribution in [3.63, 3.8) is 0 Å². The van der Waals surface area contributed by atoms with Gasteiger partial charge in [-0.2, -0.15) is 0 Å². The van der Waals surface area contributed by atoms with E-state index >= 15 is 0 Å². The quantitative estimate of drug-likeness (QED) is 0.328. The molecule has 1 aliphatic heterocycles. The SMILES string of the molecule is CCOc1ccc(-c2coc3c4c(ccc3c2=O)OC(C)(C)C=C4)c(OCc2ccccc2)c1. The molecule has 5 rings (SSSR count). The van der Waals surface area contributed by atoms with Gasteiger partial charge in [0.15, 0.2) is 0 Å². The normalized spacial score (nSPS) is 13.9. The molecule has 0 fully saturated rings. The predicted molar refractivity (Wildman–Crippen MR) is 134 cm³/mol. The van der Waals surface area contributed by atoms with E-state index in [0.717, 1.165) is 11.1 Å². The van der Waals surface area contributed by atoms with E-state index in [0.29, 0.717) is 52.6 Å². The van der Waals surface area contributed by atoms with Crippen molar-refractivity contribution in [3.8, 4) is 28.4 Å². The second-order valence-electron chi connectivity index (χ2n) is 8.74. The topological polar surface area (TPSA) is 57.9 Å². The first-order chi connectivity index (χ1) is 16.4. The summed E-state index contributed by atoms with van der Waals surface area (Å²) in [5.41, 5.74) is 2.86. The van der Waals surface area contributed by atoms with Crippen molar-refractivity contribution in [3.05, 3.63) is 94.4 Å². The van der Waals surface area contributed by atoms with Gasteiger partial charge in [0.1, 0.15) is 41.3 Å². The molecule has 1 aromatic heterocycles. The Kier molecular flexibility index (Phi) is 5.62. The lowest BCUT2D eigenvalue weighted by molar-refractivity contribution is 0.159. The van der Waals surface area contributed by atoms with Gasteiger partial charge in [-0.25, -0.2) is 0 Å². The first-order valence-electron chi connectivity index (χ1n) is 11.4. The van der Waals surface area contributed by atoms with Gasteiger partial charge in [-0.3, -0.25) is 4.79 Å². The molecule has 0 unspecified atom stereocenters. The number of benzene rings is 3. The Bertz CT molecular complexity index is 1430. The molecule has 34 heavy (non-hydrogen) atoms. The predicted octanol–water partition coefficient (Wildman–Crippen LogP) is 6.62. The number of hydrogen-bond donors (Lipinski definition) is 0. The average Bonchev–Trinajstić information content (AvgIpc) is 2.83. The van der Waals surface area contributed by atoms with Crippen LogP contribution >= 0.6 is 0 Å². The van der Waals surface area contributed by atoms with Crippen LogP contribution in [0.15, 0.2) is 82.2 Å². The minimum atomic E-state index is -0.409. The Morgan fingerprint density at radius 2 is 1.76 bits per heavy atom. The van der Waals surface area contributed by atoms with Crippen LogP contribution in [0.25, 0.3) is 28.2 Å². The Morgan fingerprint density at radius 3 is 2.56 bits per heavy atom. The molecule has 0 atom stereocenters. The monoisotopic (exact) mass is 454 g/mol. The molecule has 1 aliphatic rings. The molecule has 5 nitrogen and oxygen atoms in total. The molecule has 0 spiro atoms. The van der Waals surface area contributed by atoms with Gasteiger partial charge < -0.3 is 18.6 Å². The summed E-state index contributed by atoms with van der Waals surface area (Å²) in [6.07, 6.45) is 5.42. The van der Waals surface area contributed by atoms with Gasteiger partial charge in [-0.05, 0) is 62.8 Å². The highest BCUT2D eigenvalue weighted by Crippen LogP contribution is 2.37. The summed E-state index contributed by atoms with van der Waals surface area (Å²) >= 11 is 0. The smallest absolute Gasteiger partial charge is 0.200 e. The van der Waals surface area contributed by atoms with Crippen molar-refractivity contribution in [1.29, 1.82) is 0 Å². The van der Waals surface area contributed by atoms with Crippen LogP contribution in [0.3, 0.4) is 0 Å². The van der Waals surface area contributed by atoms with Crippen molar-refractivity contribution in [2.24, 2.45) is 0 Å². The Balaban J connectivity index is 1.58. The Hall–Kier alpha value is -3.99. The lowest BCUT2D eigenvalue weighted by Gasteiger charge is -2.27. The highest BCUT2D eigenvalue weighted by molar-refractivity contribution is 5.91. The molecule has 172 valence electrons. The van der Waals surface area contributed by atoms with E-state index in [9.17, 15) is 4.79 Å². The molecular weight excluding hydrogens is 428 g/mol. The first-order valence-corrected chi connectivity index (χ1v) is 11.4. The molecule has 0 N–H and O–H groups in total. The molecule has 0 amide bonds. The number of rotatable bonds is 6. The van der Waals surface area contributed by atoms with Crippen molar-refractivity contribution in [2.75, 3.05) is 6.61 Å². The van der Waals surface area contributed by atoms with Gasteiger partial charge in [0.2, 0.25) is 5.43 Å². The largest absolute Gasteiger partial charge is 0.494 e. The molecule has 0 saturated carbocycles. The minimum Gasteiger partial charge on any atom is -0.494 e. The summed E-state index contributed by atoms with van der Waals surface area (Å²) in [7, 11) is 0. The molecule has 4 aromatic rings. The zero-order valence-electron chi connectivity index (χ0n) is 19.5. The third-order valence-electron chi connectivity index (χ3n) is 5.76. The molecule has 0 aliphatic carbocycles. The zero-order valence-corrected chi connectivity index (χ0v) is 19.5. The fraction of sp³-hybridized carbons (Fsp3) is 0.207. The summed E-state index contributed by atoms with van der Waals surface area (Å²) in [6, 6.07) is 19.0. The fourth-order valence-electron chi connectivity index (χ4n) is 4.07. The van der Waals surface area contributed by atoms with Gasteiger partial charge in [0.25, 0.3) is 0 Å². The first kappa shape index (κ1) is 21.8. The minimum absolute atomic E-state index is 0.129. The lowest BCUT2D eigenvalue weighted by atomic mass is 9.99. The van der Waals surface area contributed by atoms with Crippen molar-refractivity contribution in [2.45, 2.75) is 33.0 Å². The second-order valence-corrected chi connectivity index (χ2v) is 8.74. The number of ether oxygens (including phenoxy) is 3. The van der Waals surface area contributed by atoms with E-state index in [1.54, 1.807) is 6.07 Å². The Labute approximate surface area is 198 Å². The maximum atomic E-state index is 13.6. The molecule has 0 bridgehead atoms. The summed E-state index contributed by atoms with van der Waals surface area (Å²) in [4.78, 5) is 13.6. The van der Waals surface area contributed by atoms with Gasteiger partial charge in [0, 0.05) is 11.6 Å². The third-order valence-corrected chi connectivity index (χ3v) is 5.76. The molecule has 2 heterocycles. The third kappa shape index (κ3) is 4.17. The van der Waals surface area contributed by atoms with Crippen LogP contribution < -0.4 is 19.6 Å². The van der Waals surface area contributed by atoms with Crippen LogP contribution in [-0.4, -0.2) is 12.2 Å². The van der Waals surface area contributed by atoms with E-state index in [-0.39, 0.29) is 5.43 Å². The van der Waals surface area contributed by atoms with E-state index in [1.165, 1.54) is 6.26 Å². The lowest BCUT2D eigenvalue weighted by Crippen LogP contribution is -2.27. The summed E-state index contributed by atoms with van der Waals surface area (Å²) in [5, 5.41) is 0.493.